The second kappa shape index (κ2) is 9.70. The van der Waals surface area contributed by atoms with Gasteiger partial charge in [-0.2, -0.15) is 0 Å². The maximum absolute atomic E-state index is 12.5. The van der Waals surface area contributed by atoms with E-state index in [-0.39, 0.29) is 34.5 Å². The van der Waals surface area contributed by atoms with E-state index in [1.807, 2.05) is 24.3 Å². The Hall–Kier alpha value is -3.26. The Labute approximate surface area is 181 Å². The number of ether oxygens (including phenoxy) is 1. The van der Waals surface area contributed by atoms with E-state index in [2.05, 4.69) is 12.2 Å². The van der Waals surface area contributed by atoms with Crippen LogP contribution in [-0.4, -0.2) is 25.2 Å². The van der Waals surface area contributed by atoms with Crippen LogP contribution in [0.3, 0.4) is 0 Å². The average Bonchev–Trinajstić information content (AvgIpc) is 3.24. The largest absolute Gasteiger partial charge is 0.506 e. The van der Waals surface area contributed by atoms with Crippen molar-refractivity contribution in [2.24, 2.45) is 0 Å². The predicted octanol–water partition coefficient (Wildman–Crippen LogP) is 4.56. The lowest BCUT2D eigenvalue weighted by atomic mass is 10.1. The number of sulfone groups is 1. The van der Waals surface area contributed by atoms with Gasteiger partial charge in [0, 0.05) is 0 Å². The van der Waals surface area contributed by atoms with Gasteiger partial charge >= 0.3 is 0 Å². The summed E-state index contributed by atoms with van der Waals surface area (Å²) in [5, 5.41) is 12.5. The van der Waals surface area contributed by atoms with Gasteiger partial charge in [-0.25, -0.2) is 8.42 Å². The summed E-state index contributed by atoms with van der Waals surface area (Å²) in [6, 6.07) is 14.7. The van der Waals surface area contributed by atoms with Gasteiger partial charge < -0.3 is 19.6 Å². The highest BCUT2D eigenvalue weighted by Gasteiger charge is 2.17. The highest BCUT2D eigenvalue weighted by atomic mass is 32.2. The molecule has 0 saturated carbocycles. The monoisotopic (exact) mass is 443 g/mol. The fourth-order valence-corrected chi connectivity index (χ4v) is 3.84. The fourth-order valence-electron chi connectivity index (χ4n) is 2.93. The maximum Gasteiger partial charge on any atom is 0.291 e. The van der Waals surface area contributed by atoms with Crippen LogP contribution in [0.2, 0.25) is 0 Å². The summed E-state index contributed by atoms with van der Waals surface area (Å²) in [5.41, 5.74) is 1.23. The highest BCUT2D eigenvalue weighted by molar-refractivity contribution is 7.91. The van der Waals surface area contributed by atoms with E-state index in [9.17, 15) is 18.3 Å². The van der Waals surface area contributed by atoms with E-state index >= 15 is 0 Å². The molecule has 2 aromatic carbocycles. The van der Waals surface area contributed by atoms with E-state index in [1.165, 1.54) is 36.8 Å². The number of aromatic hydroxyl groups is 1. The first-order valence-electron chi connectivity index (χ1n) is 10.00. The molecule has 0 aliphatic heterocycles. The number of carbonyl (C=O) groups excluding carboxylic acids is 1. The number of hydrogen-bond acceptors (Lipinski definition) is 6. The van der Waals surface area contributed by atoms with E-state index in [1.54, 1.807) is 6.07 Å². The number of carbonyl (C=O) groups is 1. The molecule has 0 fully saturated rings. The van der Waals surface area contributed by atoms with Crippen LogP contribution in [-0.2, 0) is 22.9 Å². The molecule has 0 unspecified atom stereocenters. The summed E-state index contributed by atoms with van der Waals surface area (Å²) in [5.74, 6) is 0.214. The Morgan fingerprint density at radius 2 is 1.81 bits per heavy atom. The molecule has 1 heterocycles. The van der Waals surface area contributed by atoms with Crippen molar-refractivity contribution < 1.29 is 27.5 Å². The Kier molecular flexibility index (Phi) is 7.02. The predicted molar refractivity (Wildman–Crippen MR) is 117 cm³/mol. The number of phenolic OH excluding ortho intramolecular Hbond substituents is 1. The molecular formula is C23H25NO6S. The molecule has 0 saturated heterocycles. The Bertz CT molecular complexity index is 1150. The molecule has 0 atom stereocenters. The molecule has 0 bridgehead atoms. The summed E-state index contributed by atoms with van der Waals surface area (Å²) >= 11 is 0. The van der Waals surface area contributed by atoms with Crippen LogP contribution in [0.15, 0.2) is 63.9 Å². The molecule has 1 aromatic heterocycles. The average molecular weight is 444 g/mol. The normalized spacial score (nSPS) is 11.3. The zero-order valence-corrected chi connectivity index (χ0v) is 18.2. The number of hydrogen-bond donors (Lipinski definition) is 2. The summed E-state index contributed by atoms with van der Waals surface area (Å²) in [6.07, 6.45) is 2.09. The number of aryl methyl sites for hydroxylation is 1. The number of furan rings is 1. The van der Waals surface area contributed by atoms with Gasteiger partial charge in [0.1, 0.15) is 23.9 Å². The van der Waals surface area contributed by atoms with E-state index < -0.39 is 15.7 Å². The standard InChI is InChI=1S/C23H25NO6S/c1-3-5-16-6-8-17(9-7-16)29-15-18-10-13-22(30-18)23(26)24-20-14-19(11-12-21(20)25)31(27,28)4-2/h6-14,25H,3-5,15H2,1-2H3,(H,24,26). The van der Waals surface area contributed by atoms with Crippen molar-refractivity contribution in [1.82, 2.24) is 0 Å². The van der Waals surface area contributed by atoms with Gasteiger partial charge in [-0.15, -0.1) is 0 Å². The van der Waals surface area contributed by atoms with Gasteiger partial charge in [0.05, 0.1) is 16.3 Å². The minimum atomic E-state index is -3.48. The molecule has 0 radical (unpaired) electrons. The SMILES string of the molecule is CCCc1ccc(OCc2ccc(C(=O)Nc3cc(S(=O)(=O)CC)ccc3O)o2)cc1. The molecule has 31 heavy (non-hydrogen) atoms. The van der Waals surface area contributed by atoms with Crippen molar-refractivity contribution in [3.05, 3.63) is 71.7 Å². The number of rotatable bonds is 9. The molecule has 7 nitrogen and oxygen atoms in total. The third kappa shape index (κ3) is 5.67. The van der Waals surface area contributed by atoms with Crippen molar-refractivity contribution in [3.8, 4) is 11.5 Å². The van der Waals surface area contributed by atoms with Gasteiger partial charge in [-0.1, -0.05) is 32.4 Å². The van der Waals surface area contributed by atoms with E-state index in [0.29, 0.717) is 11.5 Å². The minimum Gasteiger partial charge on any atom is -0.506 e. The molecule has 164 valence electrons. The number of amides is 1. The highest BCUT2D eigenvalue weighted by Crippen LogP contribution is 2.27. The quantitative estimate of drug-likeness (QED) is 0.470. The lowest BCUT2D eigenvalue weighted by molar-refractivity contribution is 0.0992. The number of anilines is 1. The van der Waals surface area contributed by atoms with Crippen molar-refractivity contribution in [1.29, 1.82) is 0 Å². The Morgan fingerprint density at radius 1 is 1.06 bits per heavy atom. The summed E-state index contributed by atoms with van der Waals surface area (Å²) in [7, 11) is -3.48. The number of phenols is 1. The molecule has 0 aliphatic rings. The van der Waals surface area contributed by atoms with Crippen LogP contribution < -0.4 is 10.1 Å². The fraction of sp³-hybridized carbons (Fsp3) is 0.261. The van der Waals surface area contributed by atoms with Crippen LogP contribution in [0, 0.1) is 0 Å². The second-order valence-corrected chi connectivity index (χ2v) is 9.26. The van der Waals surface area contributed by atoms with Gasteiger partial charge in [-0.3, -0.25) is 4.79 Å². The topological polar surface area (TPSA) is 106 Å². The third-order valence-electron chi connectivity index (χ3n) is 4.68. The van der Waals surface area contributed by atoms with E-state index in [4.69, 9.17) is 9.15 Å². The summed E-state index contributed by atoms with van der Waals surface area (Å²) < 4.78 is 35.3. The molecule has 8 heteroatoms. The molecule has 2 N–H and O–H groups in total. The van der Waals surface area contributed by atoms with Gasteiger partial charge in [0.2, 0.25) is 0 Å². The van der Waals surface area contributed by atoms with Crippen LogP contribution in [0.4, 0.5) is 5.69 Å². The Balaban J connectivity index is 1.64. The molecule has 0 aliphatic carbocycles. The van der Waals surface area contributed by atoms with Crippen LogP contribution >= 0.6 is 0 Å². The Morgan fingerprint density at radius 3 is 2.48 bits per heavy atom. The first-order chi connectivity index (χ1) is 14.8. The van der Waals surface area contributed by atoms with Crippen LogP contribution in [0.1, 0.15) is 42.1 Å². The van der Waals surface area contributed by atoms with Crippen LogP contribution in [0.5, 0.6) is 11.5 Å². The second-order valence-electron chi connectivity index (χ2n) is 6.99. The third-order valence-corrected chi connectivity index (χ3v) is 6.42. The van der Waals surface area contributed by atoms with Crippen molar-refractivity contribution in [3.63, 3.8) is 0 Å². The summed E-state index contributed by atoms with van der Waals surface area (Å²) in [6.45, 7) is 3.79. The maximum atomic E-state index is 12.5. The molecule has 0 spiro atoms. The van der Waals surface area contributed by atoms with Gasteiger partial charge in [-0.05, 0) is 54.4 Å². The number of benzene rings is 2. The molecule has 3 rings (SSSR count). The smallest absolute Gasteiger partial charge is 0.291 e. The summed E-state index contributed by atoms with van der Waals surface area (Å²) in [4.78, 5) is 12.5. The van der Waals surface area contributed by atoms with Crippen molar-refractivity contribution >= 4 is 21.4 Å². The number of nitrogens with one attached hydrogen (secondary N) is 1. The first kappa shape index (κ1) is 22.4. The van der Waals surface area contributed by atoms with E-state index in [0.717, 1.165) is 12.8 Å². The molecule has 1 amide bonds. The lowest BCUT2D eigenvalue weighted by Crippen LogP contribution is -2.12. The zero-order valence-electron chi connectivity index (χ0n) is 17.4. The minimum absolute atomic E-state index is 0.0131. The van der Waals surface area contributed by atoms with Crippen molar-refractivity contribution in [2.75, 3.05) is 11.1 Å². The first-order valence-corrected chi connectivity index (χ1v) is 11.6. The molecule has 3 aromatic rings. The van der Waals surface area contributed by atoms with Gasteiger partial charge in [0.15, 0.2) is 15.6 Å². The lowest BCUT2D eigenvalue weighted by Gasteiger charge is -2.09. The van der Waals surface area contributed by atoms with Crippen LogP contribution in [0.25, 0.3) is 0 Å². The molecular weight excluding hydrogens is 418 g/mol. The van der Waals surface area contributed by atoms with Gasteiger partial charge in [0.25, 0.3) is 5.91 Å². The zero-order chi connectivity index (χ0) is 22.4. The van der Waals surface area contributed by atoms with Crippen molar-refractivity contribution in [2.45, 2.75) is 38.2 Å².